The zero-order valence-corrected chi connectivity index (χ0v) is 9.61. The molecule has 1 aromatic carbocycles. The molecule has 0 saturated carbocycles. The van der Waals surface area contributed by atoms with Gasteiger partial charge in [0, 0.05) is 6.61 Å². The predicted molar refractivity (Wildman–Crippen MR) is 58.8 cm³/mol. The highest BCUT2D eigenvalue weighted by atomic mass is 32.2. The molecule has 0 aliphatic carbocycles. The van der Waals surface area contributed by atoms with Crippen LogP contribution in [0, 0.1) is 0 Å². The predicted octanol–water partition coefficient (Wildman–Crippen LogP) is 2.17. The fourth-order valence-electron chi connectivity index (χ4n) is 1.86. The van der Waals surface area contributed by atoms with Crippen LogP contribution in [0.5, 0.6) is 0 Å². The van der Waals surface area contributed by atoms with Gasteiger partial charge in [0.05, 0.1) is 11.0 Å². The van der Waals surface area contributed by atoms with E-state index in [1.807, 2.05) is 0 Å². The Bertz CT molecular complexity index is 443. The number of hydrogen-bond donors (Lipinski definition) is 1. The Hall–Kier alpha value is -0.910. The van der Waals surface area contributed by atoms with Crippen LogP contribution in [-0.4, -0.2) is 19.6 Å². The smallest absolute Gasteiger partial charge is 0.294 e. The van der Waals surface area contributed by atoms with Gasteiger partial charge in [0.25, 0.3) is 10.1 Å². The summed E-state index contributed by atoms with van der Waals surface area (Å²) < 4.78 is 36.1. The standard InChI is InChI=1S/C11H14O4S/c12-16(13,14)10-6-4-9(5-7-10)11-3-1-2-8-15-11/h4-7,11H,1-3,8H2,(H,12,13,14). The normalized spacial score (nSPS) is 21.9. The van der Waals surface area contributed by atoms with E-state index in [1.165, 1.54) is 12.1 Å². The second kappa shape index (κ2) is 4.53. The van der Waals surface area contributed by atoms with E-state index in [1.54, 1.807) is 12.1 Å². The van der Waals surface area contributed by atoms with E-state index in [4.69, 9.17) is 9.29 Å². The van der Waals surface area contributed by atoms with Crippen molar-refractivity contribution in [1.82, 2.24) is 0 Å². The SMILES string of the molecule is O=S(=O)(O)c1ccc(C2CCCCO2)cc1. The summed E-state index contributed by atoms with van der Waals surface area (Å²) in [6.07, 6.45) is 3.24. The molecule has 4 nitrogen and oxygen atoms in total. The monoisotopic (exact) mass is 242 g/mol. The summed E-state index contributed by atoms with van der Waals surface area (Å²) in [6, 6.07) is 6.20. The molecule has 1 N–H and O–H groups in total. The lowest BCUT2D eigenvalue weighted by molar-refractivity contribution is 0.0149. The second-order valence-corrected chi connectivity index (χ2v) is 5.32. The molecule has 0 radical (unpaired) electrons. The molecule has 0 spiro atoms. The summed E-state index contributed by atoms with van der Waals surface area (Å²) in [4.78, 5) is -0.0768. The molecule has 1 unspecified atom stereocenters. The van der Waals surface area contributed by atoms with Crippen LogP contribution in [0.25, 0.3) is 0 Å². The molecule has 1 fully saturated rings. The molecule has 1 heterocycles. The van der Waals surface area contributed by atoms with Crippen molar-refractivity contribution >= 4 is 10.1 Å². The van der Waals surface area contributed by atoms with E-state index in [2.05, 4.69) is 0 Å². The van der Waals surface area contributed by atoms with Crippen molar-refractivity contribution in [1.29, 1.82) is 0 Å². The maximum absolute atomic E-state index is 10.8. The van der Waals surface area contributed by atoms with Crippen molar-refractivity contribution in [3.05, 3.63) is 29.8 Å². The molecular formula is C11H14O4S. The fraction of sp³-hybridized carbons (Fsp3) is 0.455. The number of hydrogen-bond acceptors (Lipinski definition) is 3. The molecule has 5 heteroatoms. The summed E-state index contributed by atoms with van der Waals surface area (Å²) in [6.45, 7) is 0.755. The third-order valence-electron chi connectivity index (χ3n) is 2.73. The third-order valence-corrected chi connectivity index (χ3v) is 3.60. The molecule has 1 aliphatic rings. The Labute approximate surface area is 95.0 Å². The van der Waals surface area contributed by atoms with E-state index < -0.39 is 10.1 Å². The first-order valence-electron chi connectivity index (χ1n) is 5.26. The Balaban J connectivity index is 2.18. The van der Waals surface area contributed by atoms with Crippen molar-refractivity contribution in [2.75, 3.05) is 6.61 Å². The first kappa shape index (κ1) is 11.6. The maximum atomic E-state index is 10.8. The Morgan fingerprint density at radius 1 is 1.19 bits per heavy atom. The van der Waals surface area contributed by atoms with Crippen LogP contribution in [0.1, 0.15) is 30.9 Å². The first-order chi connectivity index (χ1) is 7.57. The van der Waals surface area contributed by atoms with Crippen molar-refractivity contribution in [3.63, 3.8) is 0 Å². The van der Waals surface area contributed by atoms with Gasteiger partial charge in [-0.3, -0.25) is 4.55 Å². The average Bonchev–Trinajstić information content (AvgIpc) is 2.29. The van der Waals surface area contributed by atoms with Gasteiger partial charge in [0.2, 0.25) is 0 Å². The lowest BCUT2D eigenvalue weighted by Crippen LogP contribution is -2.11. The van der Waals surface area contributed by atoms with Gasteiger partial charge in [-0.25, -0.2) is 0 Å². The third kappa shape index (κ3) is 2.61. The van der Waals surface area contributed by atoms with Crippen LogP contribution >= 0.6 is 0 Å². The van der Waals surface area contributed by atoms with Crippen molar-refractivity contribution in [2.45, 2.75) is 30.3 Å². The van der Waals surface area contributed by atoms with Crippen molar-refractivity contribution in [2.24, 2.45) is 0 Å². The lowest BCUT2D eigenvalue weighted by atomic mass is 10.0. The second-order valence-electron chi connectivity index (χ2n) is 3.90. The molecule has 1 atom stereocenters. The zero-order valence-electron chi connectivity index (χ0n) is 8.80. The first-order valence-corrected chi connectivity index (χ1v) is 6.70. The van der Waals surface area contributed by atoms with Gasteiger partial charge in [-0.1, -0.05) is 12.1 Å². The lowest BCUT2D eigenvalue weighted by Gasteiger charge is -2.22. The van der Waals surface area contributed by atoms with Crippen LogP contribution in [0.3, 0.4) is 0 Å². The quantitative estimate of drug-likeness (QED) is 0.807. The molecule has 1 aliphatic heterocycles. The molecule has 0 amide bonds. The van der Waals surface area contributed by atoms with Gasteiger partial charge in [0.1, 0.15) is 0 Å². The van der Waals surface area contributed by atoms with Crippen LogP contribution in [0.15, 0.2) is 29.2 Å². The van der Waals surface area contributed by atoms with E-state index in [0.717, 1.165) is 31.4 Å². The van der Waals surface area contributed by atoms with Gasteiger partial charge in [-0.05, 0) is 37.0 Å². The highest BCUT2D eigenvalue weighted by Gasteiger charge is 2.17. The zero-order chi connectivity index (χ0) is 11.6. The van der Waals surface area contributed by atoms with E-state index in [-0.39, 0.29) is 11.0 Å². The van der Waals surface area contributed by atoms with Crippen LogP contribution in [-0.2, 0) is 14.9 Å². The van der Waals surface area contributed by atoms with Gasteiger partial charge in [-0.2, -0.15) is 8.42 Å². The molecule has 1 aromatic rings. The van der Waals surface area contributed by atoms with Gasteiger partial charge >= 0.3 is 0 Å². The van der Waals surface area contributed by atoms with Crippen molar-refractivity contribution in [3.8, 4) is 0 Å². The number of rotatable bonds is 2. The molecule has 88 valence electrons. The highest BCUT2D eigenvalue weighted by molar-refractivity contribution is 7.85. The fourth-order valence-corrected chi connectivity index (χ4v) is 2.34. The van der Waals surface area contributed by atoms with E-state index in [9.17, 15) is 8.42 Å². The van der Waals surface area contributed by atoms with Gasteiger partial charge in [-0.15, -0.1) is 0 Å². The minimum Gasteiger partial charge on any atom is -0.374 e. The van der Waals surface area contributed by atoms with E-state index >= 15 is 0 Å². The molecule has 16 heavy (non-hydrogen) atoms. The van der Waals surface area contributed by atoms with Crippen LogP contribution < -0.4 is 0 Å². The molecule has 0 bridgehead atoms. The average molecular weight is 242 g/mol. The van der Waals surface area contributed by atoms with Crippen LogP contribution in [0.2, 0.25) is 0 Å². The Morgan fingerprint density at radius 2 is 1.88 bits per heavy atom. The van der Waals surface area contributed by atoms with Gasteiger partial charge in [0.15, 0.2) is 0 Å². The molecule has 1 saturated heterocycles. The van der Waals surface area contributed by atoms with Crippen LogP contribution in [0.4, 0.5) is 0 Å². The summed E-state index contributed by atoms with van der Waals surface area (Å²) in [5, 5.41) is 0. The topological polar surface area (TPSA) is 63.6 Å². The van der Waals surface area contributed by atoms with Gasteiger partial charge < -0.3 is 4.74 Å². The Kier molecular flexibility index (Phi) is 3.28. The maximum Gasteiger partial charge on any atom is 0.294 e. The number of ether oxygens (including phenoxy) is 1. The summed E-state index contributed by atoms with van der Waals surface area (Å²) in [5.74, 6) is 0. The number of benzene rings is 1. The molecular weight excluding hydrogens is 228 g/mol. The summed E-state index contributed by atoms with van der Waals surface area (Å²) in [5.41, 5.74) is 0.965. The summed E-state index contributed by atoms with van der Waals surface area (Å²) in [7, 11) is -4.09. The molecule has 2 rings (SSSR count). The molecule has 0 aromatic heterocycles. The summed E-state index contributed by atoms with van der Waals surface area (Å²) >= 11 is 0. The largest absolute Gasteiger partial charge is 0.374 e. The Morgan fingerprint density at radius 3 is 2.38 bits per heavy atom. The minimum atomic E-state index is -4.09. The minimum absolute atomic E-state index is 0.0594. The van der Waals surface area contributed by atoms with E-state index in [0.29, 0.717) is 0 Å². The van der Waals surface area contributed by atoms with Crippen molar-refractivity contribution < 1.29 is 17.7 Å². The highest BCUT2D eigenvalue weighted by Crippen LogP contribution is 2.28.